The Hall–Kier alpha value is -7.04. The molecule has 2 aromatic heterocycles. The summed E-state index contributed by atoms with van der Waals surface area (Å²) in [5, 5.41) is 5.71. The van der Waals surface area contributed by atoms with Crippen LogP contribution in [-0.2, 0) is 39.5 Å². The van der Waals surface area contributed by atoms with Gasteiger partial charge in [0.15, 0.2) is 24.2 Å². The number of nitrogens with zero attached hydrogens (tertiary/aromatic N) is 5. The Balaban J connectivity index is 0.874. The van der Waals surface area contributed by atoms with Crippen LogP contribution in [0.2, 0.25) is 0 Å². The van der Waals surface area contributed by atoms with Gasteiger partial charge in [0.2, 0.25) is 11.7 Å². The molecule has 2 unspecified atom stereocenters. The number of aryl methyl sites for hydroxylation is 3. The van der Waals surface area contributed by atoms with Crippen molar-refractivity contribution in [3.63, 3.8) is 0 Å². The van der Waals surface area contributed by atoms with Gasteiger partial charge in [-0.25, -0.2) is 14.7 Å². The fraction of sp³-hybridized carbons (Fsp3) is 0.373. The van der Waals surface area contributed by atoms with E-state index in [0.717, 1.165) is 42.4 Å². The van der Waals surface area contributed by atoms with E-state index < -0.39 is 24.7 Å². The van der Waals surface area contributed by atoms with Crippen molar-refractivity contribution in [1.29, 1.82) is 0 Å². The maximum absolute atomic E-state index is 14.2. The minimum Gasteiger partial charge on any atom is -0.493 e. The molecule has 5 aromatic rings. The van der Waals surface area contributed by atoms with Gasteiger partial charge in [0.25, 0.3) is 11.8 Å². The predicted octanol–water partition coefficient (Wildman–Crippen LogP) is 8.22. The summed E-state index contributed by atoms with van der Waals surface area (Å²) < 4.78 is 27.8. The number of imidazole rings is 1. The van der Waals surface area contributed by atoms with Crippen molar-refractivity contribution >= 4 is 46.8 Å². The maximum Gasteiger partial charge on any atom is 0.416 e. The Morgan fingerprint density at radius 1 is 0.910 bits per heavy atom. The molecule has 16 nitrogen and oxygen atoms in total. The van der Waals surface area contributed by atoms with E-state index in [-0.39, 0.29) is 61.2 Å². The topological polar surface area (TPSA) is 176 Å². The molecule has 3 aliphatic rings. The zero-order valence-electron chi connectivity index (χ0n) is 38.2. The minimum absolute atomic E-state index is 0.0285. The van der Waals surface area contributed by atoms with E-state index in [0.29, 0.717) is 66.4 Å². The van der Waals surface area contributed by atoms with Crippen molar-refractivity contribution in [2.24, 2.45) is 14.1 Å². The average molecular weight is 912 g/mol. The van der Waals surface area contributed by atoms with E-state index in [9.17, 15) is 24.0 Å². The van der Waals surface area contributed by atoms with Crippen molar-refractivity contribution in [2.45, 2.75) is 83.3 Å². The van der Waals surface area contributed by atoms with Gasteiger partial charge in [-0.15, -0.1) is 0 Å². The number of ketones is 1. The molecule has 0 spiro atoms. The number of aromatic nitrogens is 3. The number of hydrogen-bond acceptors (Lipinski definition) is 10. The number of piperidine rings is 1. The van der Waals surface area contributed by atoms with Crippen LogP contribution < -0.4 is 20.3 Å². The quantitative estimate of drug-likeness (QED) is 0.0558. The lowest BCUT2D eigenvalue weighted by molar-refractivity contribution is -0.198. The SMILES string of the molecule is C=CCOC(=O)N1c2cc(OCCCC(=O)Nc3cn(C)c(C(=O)Cc4ccc(-c5cc(C(=O)Nc6ccccc6)n(C)c5)cc4)n3)c(C)cc2C(=O)N2CCCC[C@H]2C1OC1CCCCO1. The van der Waals surface area contributed by atoms with Gasteiger partial charge in [-0.1, -0.05) is 55.1 Å². The van der Waals surface area contributed by atoms with E-state index in [4.69, 9.17) is 18.9 Å². The highest BCUT2D eigenvalue weighted by atomic mass is 16.7. The van der Waals surface area contributed by atoms with Gasteiger partial charge in [0, 0.05) is 69.8 Å². The number of ether oxygens (including phenoxy) is 4. The number of nitrogens with one attached hydrogen (secondary N) is 2. The molecule has 350 valence electrons. The van der Waals surface area contributed by atoms with Gasteiger partial charge < -0.3 is 43.6 Å². The summed E-state index contributed by atoms with van der Waals surface area (Å²) in [4.78, 5) is 75.3. The molecular formula is C51H57N7O9. The lowest BCUT2D eigenvalue weighted by Crippen LogP contribution is -2.57. The van der Waals surface area contributed by atoms with Crippen molar-refractivity contribution in [1.82, 2.24) is 19.0 Å². The van der Waals surface area contributed by atoms with Crippen molar-refractivity contribution in [3.8, 4) is 16.9 Å². The molecule has 4 amide bonds. The normalized spacial score (nSPS) is 18.0. The fourth-order valence-electron chi connectivity index (χ4n) is 8.85. The Labute approximate surface area is 389 Å². The van der Waals surface area contributed by atoms with E-state index in [1.165, 1.54) is 11.0 Å². The second-order valence-electron chi connectivity index (χ2n) is 17.2. The van der Waals surface area contributed by atoms with Crippen molar-refractivity contribution < 1.29 is 42.9 Å². The first kappa shape index (κ1) is 46.5. The number of para-hydroxylation sites is 1. The molecule has 0 aliphatic carbocycles. The van der Waals surface area contributed by atoms with E-state index >= 15 is 0 Å². The smallest absolute Gasteiger partial charge is 0.416 e. The van der Waals surface area contributed by atoms with Crippen LogP contribution in [0.4, 0.5) is 22.0 Å². The zero-order valence-corrected chi connectivity index (χ0v) is 38.2. The van der Waals surface area contributed by atoms with Gasteiger partial charge in [-0.3, -0.25) is 19.2 Å². The van der Waals surface area contributed by atoms with Gasteiger partial charge in [0.1, 0.15) is 18.1 Å². The van der Waals surface area contributed by atoms with Crippen LogP contribution in [-0.4, -0.2) is 93.5 Å². The van der Waals surface area contributed by atoms with E-state index in [1.807, 2.05) is 85.7 Å². The first-order valence-corrected chi connectivity index (χ1v) is 22.9. The molecule has 3 aliphatic heterocycles. The van der Waals surface area contributed by atoms with Gasteiger partial charge >= 0.3 is 6.09 Å². The van der Waals surface area contributed by atoms with Crippen LogP contribution in [0.25, 0.3) is 11.1 Å². The number of carbonyl (C=O) groups excluding carboxylic acids is 5. The molecule has 0 radical (unpaired) electrons. The number of hydrogen-bond donors (Lipinski definition) is 2. The molecule has 16 heteroatoms. The standard InChI is InChI=1S/C51H57N7O9/c1-5-24-66-51(63)58-40-30-43(33(2)27-38(40)49(62)57-23-11-9-16-39(57)50(58)67-46-18-10-12-25-65-46)64-26-13-17-45(60)53-44-32-56(4)47(54-44)42(59)28-34-19-21-35(22-20-34)36-29-41(55(3)31-36)48(61)52-37-14-7-6-8-15-37/h5-8,14-15,19-22,27,29-32,39,46,50H,1,9-13,16-18,23-26,28H2,2-4H3,(H,52,61)(H,53,60)/t39-,46?,50?/m0/s1. The molecule has 2 N–H and O–H groups in total. The highest BCUT2D eigenvalue weighted by Crippen LogP contribution is 2.40. The van der Waals surface area contributed by atoms with Crippen LogP contribution in [0.3, 0.4) is 0 Å². The molecule has 2 saturated heterocycles. The molecule has 8 rings (SSSR count). The first-order chi connectivity index (χ1) is 32.5. The second-order valence-corrected chi connectivity index (χ2v) is 17.2. The molecule has 3 aromatic carbocycles. The zero-order chi connectivity index (χ0) is 47.0. The van der Waals surface area contributed by atoms with Gasteiger partial charge in [0.05, 0.1) is 23.9 Å². The number of fused-ring (bicyclic) bond motifs is 2. The largest absolute Gasteiger partial charge is 0.493 e. The summed E-state index contributed by atoms with van der Waals surface area (Å²) in [6.07, 6.45) is 8.32. The lowest BCUT2D eigenvalue weighted by atomic mass is 10.00. The third-order valence-electron chi connectivity index (χ3n) is 12.2. The minimum atomic E-state index is -0.864. The number of amides is 4. The highest BCUT2D eigenvalue weighted by Gasteiger charge is 2.46. The molecular weight excluding hydrogens is 855 g/mol. The second kappa shape index (κ2) is 21.1. The Morgan fingerprint density at radius 3 is 2.46 bits per heavy atom. The number of anilines is 3. The molecule has 3 atom stereocenters. The molecule has 2 fully saturated rings. The first-order valence-electron chi connectivity index (χ1n) is 22.9. The van der Waals surface area contributed by atoms with Crippen LogP contribution >= 0.6 is 0 Å². The average Bonchev–Trinajstić information content (AvgIpc) is 3.89. The van der Waals surface area contributed by atoms with Crippen LogP contribution in [0.15, 0.2) is 97.8 Å². The van der Waals surface area contributed by atoms with Crippen molar-refractivity contribution in [2.75, 3.05) is 41.9 Å². The van der Waals surface area contributed by atoms with Crippen LogP contribution in [0, 0.1) is 6.92 Å². The van der Waals surface area contributed by atoms with Gasteiger partial charge in [-0.2, -0.15) is 0 Å². The number of benzene rings is 3. The number of rotatable bonds is 16. The predicted molar refractivity (Wildman–Crippen MR) is 252 cm³/mol. The number of Topliss-reactive ketones (excluding diaryl/α,β-unsaturated/α-hetero) is 1. The molecule has 0 bridgehead atoms. The molecule has 0 saturated carbocycles. The monoisotopic (exact) mass is 911 g/mol. The summed E-state index contributed by atoms with van der Waals surface area (Å²) >= 11 is 0. The summed E-state index contributed by atoms with van der Waals surface area (Å²) in [5.41, 5.74) is 5.13. The third-order valence-corrected chi connectivity index (χ3v) is 12.2. The van der Waals surface area contributed by atoms with E-state index in [1.54, 1.807) is 34.5 Å². The Kier molecular flexibility index (Phi) is 14.6. The van der Waals surface area contributed by atoms with Gasteiger partial charge in [-0.05, 0) is 92.8 Å². The fourth-order valence-corrected chi connectivity index (χ4v) is 8.85. The van der Waals surface area contributed by atoms with Crippen LogP contribution in [0.1, 0.15) is 94.0 Å². The van der Waals surface area contributed by atoms with Crippen LogP contribution in [0.5, 0.6) is 5.75 Å². The summed E-state index contributed by atoms with van der Waals surface area (Å²) in [5.74, 6) is -0.0255. The highest BCUT2D eigenvalue weighted by molar-refractivity contribution is 6.06. The summed E-state index contributed by atoms with van der Waals surface area (Å²) in [6.45, 7) is 6.75. The lowest BCUT2D eigenvalue weighted by Gasteiger charge is -2.42. The molecule has 67 heavy (non-hydrogen) atoms. The summed E-state index contributed by atoms with van der Waals surface area (Å²) in [6, 6.07) is 21.7. The Morgan fingerprint density at radius 2 is 1.70 bits per heavy atom. The maximum atomic E-state index is 14.2. The van der Waals surface area contributed by atoms with Crippen molar-refractivity contribution in [3.05, 3.63) is 126 Å². The number of carbonyl (C=O) groups is 5. The Bertz CT molecular complexity index is 2620. The molecule has 5 heterocycles. The van der Waals surface area contributed by atoms with E-state index in [2.05, 4.69) is 22.2 Å². The third kappa shape index (κ3) is 10.8. The summed E-state index contributed by atoms with van der Waals surface area (Å²) in [7, 11) is 3.52.